The van der Waals surface area contributed by atoms with Gasteiger partial charge >= 0.3 is 12.1 Å². The first-order valence-electron chi connectivity index (χ1n) is 6.18. The lowest BCUT2D eigenvalue weighted by molar-refractivity contribution is -0.192. The SMILES string of the molecule is O=C(O)C(F)(F)F.O=C1C[C@H]2NCC[C@@H]2N1c1ccsc1. The Morgan fingerprint density at radius 1 is 1.48 bits per heavy atom. The molecule has 0 aromatic carbocycles. The highest BCUT2D eigenvalue weighted by molar-refractivity contribution is 7.08. The lowest BCUT2D eigenvalue weighted by Gasteiger charge is -2.21. The van der Waals surface area contributed by atoms with Crippen LogP contribution in [0.2, 0.25) is 0 Å². The second-order valence-electron chi connectivity index (χ2n) is 4.67. The van der Waals surface area contributed by atoms with Gasteiger partial charge in [-0.05, 0) is 24.4 Å². The molecule has 9 heteroatoms. The molecule has 0 radical (unpaired) electrons. The monoisotopic (exact) mass is 322 g/mol. The summed E-state index contributed by atoms with van der Waals surface area (Å²) in [6.45, 7) is 1.04. The molecule has 1 aromatic heterocycles. The summed E-state index contributed by atoms with van der Waals surface area (Å²) in [7, 11) is 0. The van der Waals surface area contributed by atoms with Crippen LogP contribution < -0.4 is 10.2 Å². The molecule has 0 saturated carbocycles. The number of halogens is 3. The van der Waals surface area contributed by atoms with Crippen LogP contribution in [-0.2, 0) is 9.59 Å². The van der Waals surface area contributed by atoms with Crippen molar-refractivity contribution < 1.29 is 27.9 Å². The van der Waals surface area contributed by atoms with E-state index in [4.69, 9.17) is 9.90 Å². The number of carbonyl (C=O) groups is 2. The van der Waals surface area contributed by atoms with Crippen LogP contribution in [0.15, 0.2) is 16.8 Å². The lowest BCUT2D eigenvalue weighted by atomic mass is 10.1. The Morgan fingerprint density at radius 2 is 2.14 bits per heavy atom. The molecule has 2 atom stereocenters. The van der Waals surface area contributed by atoms with Crippen LogP contribution in [-0.4, -0.2) is 41.8 Å². The van der Waals surface area contributed by atoms with Crippen LogP contribution in [0.3, 0.4) is 0 Å². The molecule has 5 nitrogen and oxygen atoms in total. The van der Waals surface area contributed by atoms with Gasteiger partial charge in [-0.3, -0.25) is 4.79 Å². The van der Waals surface area contributed by atoms with Gasteiger partial charge in [0.15, 0.2) is 0 Å². The number of carboxylic acid groups (broad SMARTS) is 1. The topological polar surface area (TPSA) is 69.6 Å². The van der Waals surface area contributed by atoms with Crippen LogP contribution >= 0.6 is 11.3 Å². The molecule has 0 aliphatic carbocycles. The van der Waals surface area contributed by atoms with Gasteiger partial charge in [-0.1, -0.05) is 0 Å². The minimum Gasteiger partial charge on any atom is -0.475 e. The maximum Gasteiger partial charge on any atom is 0.490 e. The predicted octanol–water partition coefficient (Wildman–Crippen LogP) is 1.85. The van der Waals surface area contributed by atoms with E-state index in [1.54, 1.807) is 11.3 Å². The van der Waals surface area contributed by atoms with E-state index >= 15 is 0 Å². The van der Waals surface area contributed by atoms with E-state index in [0.717, 1.165) is 18.7 Å². The minimum atomic E-state index is -5.08. The third-order valence-corrected chi connectivity index (χ3v) is 4.00. The van der Waals surface area contributed by atoms with E-state index < -0.39 is 12.1 Å². The van der Waals surface area contributed by atoms with Crippen molar-refractivity contribution in [2.45, 2.75) is 31.1 Å². The van der Waals surface area contributed by atoms with E-state index in [0.29, 0.717) is 18.5 Å². The Hall–Kier alpha value is -1.61. The molecule has 2 aliphatic heterocycles. The van der Waals surface area contributed by atoms with E-state index in [2.05, 4.69) is 10.7 Å². The van der Waals surface area contributed by atoms with Crippen molar-refractivity contribution in [2.75, 3.05) is 11.4 Å². The van der Waals surface area contributed by atoms with E-state index in [-0.39, 0.29) is 5.91 Å². The number of hydrogen-bond acceptors (Lipinski definition) is 4. The number of aliphatic carboxylic acids is 1. The quantitative estimate of drug-likeness (QED) is 0.828. The number of alkyl halides is 3. The van der Waals surface area contributed by atoms with Crippen molar-refractivity contribution in [1.29, 1.82) is 0 Å². The minimum absolute atomic E-state index is 0.269. The molecular formula is C12H13F3N2O3S. The summed E-state index contributed by atoms with van der Waals surface area (Å²) < 4.78 is 31.7. The van der Waals surface area contributed by atoms with Gasteiger partial charge in [-0.25, -0.2) is 4.79 Å². The fraction of sp³-hybridized carbons (Fsp3) is 0.500. The number of thiophene rings is 1. The number of anilines is 1. The fourth-order valence-corrected chi connectivity index (χ4v) is 3.10. The van der Waals surface area contributed by atoms with E-state index in [1.165, 1.54) is 0 Å². The van der Waals surface area contributed by atoms with Gasteiger partial charge in [0.05, 0.1) is 11.7 Å². The zero-order valence-corrected chi connectivity index (χ0v) is 11.6. The summed E-state index contributed by atoms with van der Waals surface area (Å²) in [4.78, 5) is 22.6. The number of fused-ring (bicyclic) bond motifs is 1. The highest BCUT2D eigenvalue weighted by Crippen LogP contribution is 2.32. The lowest BCUT2D eigenvalue weighted by Crippen LogP contribution is -2.35. The van der Waals surface area contributed by atoms with Crippen molar-refractivity contribution >= 4 is 28.9 Å². The first kappa shape index (κ1) is 15.8. The van der Waals surface area contributed by atoms with Crippen LogP contribution in [0.4, 0.5) is 18.9 Å². The summed E-state index contributed by atoms with van der Waals surface area (Å²) in [6, 6.07) is 2.82. The molecule has 21 heavy (non-hydrogen) atoms. The molecule has 2 aliphatic rings. The molecule has 0 bridgehead atoms. The first-order valence-corrected chi connectivity index (χ1v) is 7.12. The molecule has 1 aromatic rings. The van der Waals surface area contributed by atoms with Gasteiger partial charge in [0.1, 0.15) is 0 Å². The maximum atomic E-state index is 11.8. The molecular weight excluding hydrogens is 309 g/mol. The summed E-state index contributed by atoms with van der Waals surface area (Å²) in [6.07, 6.45) is -3.33. The smallest absolute Gasteiger partial charge is 0.475 e. The average molecular weight is 322 g/mol. The van der Waals surface area contributed by atoms with Crippen LogP contribution in [0.1, 0.15) is 12.8 Å². The Kier molecular flexibility index (Phi) is 4.52. The average Bonchev–Trinajstić information content (AvgIpc) is 3.04. The largest absolute Gasteiger partial charge is 0.490 e. The highest BCUT2D eigenvalue weighted by atomic mass is 32.1. The normalized spacial score (nSPS) is 24.5. The third-order valence-electron chi connectivity index (χ3n) is 3.33. The number of amides is 1. The van der Waals surface area contributed by atoms with E-state index in [9.17, 15) is 18.0 Å². The van der Waals surface area contributed by atoms with Crippen molar-refractivity contribution in [2.24, 2.45) is 0 Å². The zero-order valence-electron chi connectivity index (χ0n) is 10.8. The molecule has 116 valence electrons. The van der Waals surface area contributed by atoms with Gasteiger partial charge in [0.25, 0.3) is 0 Å². The Labute approximate surface area is 122 Å². The summed E-state index contributed by atoms with van der Waals surface area (Å²) in [5.74, 6) is -2.49. The van der Waals surface area contributed by atoms with Gasteiger partial charge in [0.2, 0.25) is 5.91 Å². The summed E-state index contributed by atoms with van der Waals surface area (Å²) in [5.41, 5.74) is 1.08. The second kappa shape index (κ2) is 6.02. The third kappa shape index (κ3) is 3.53. The van der Waals surface area contributed by atoms with Crippen molar-refractivity contribution in [3.05, 3.63) is 16.8 Å². The fourth-order valence-electron chi connectivity index (χ4n) is 2.47. The van der Waals surface area contributed by atoms with Gasteiger partial charge in [0, 0.05) is 17.8 Å². The van der Waals surface area contributed by atoms with E-state index in [1.807, 2.05) is 16.3 Å². The first-order chi connectivity index (χ1) is 9.80. The van der Waals surface area contributed by atoms with Gasteiger partial charge in [-0.2, -0.15) is 24.5 Å². The summed E-state index contributed by atoms with van der Waals surface area (Å²) in [5, 5.41) is 14.6. The Morgan fingerprint density at radius 3 is 2.67 bits per heavy atom. The van der Waals surface area contributed by atoms with Crippen molar-refractivity contribution in [3.8, 4) is 0 Å². The van der Waals surface area contributed by atoms with Gasteiger partial charge < -0.3 is 15.3 Å². The number of nitrogens with zero attached hydrogens (tertiary/aromatic N) is 1. The molecule has 3 rings (SSSR count). The molecule has 0 spiro atoms. The maximum absolute atomic E-state index is 11.8. The predicted molar refractivity (Wildman–Crippen MR) is 70.3 cm³/mol. The van der Waals surface area contributed by atoms with Gasteiger partial charge in [-0.15, -0.1) is 0 Å². The van der Waals surface area contributed by atoms with Crippen molar-refractivity contribution in [1.82, 2.24) is 5.32 Å². The zero-order chi connectivity index (χ0) is 15.6. The molecule has 1 amide bonds. The standard InChI is InChI=1S/C10H12N2OS.C2HF3O2/c13-10-5-8-9(1-3-11-8)12(10)7-2-4-14-6-7;3-2(4,5)1(6)7/h2,4,6,8-9,11H,1,3,5H2;(H,6,7)/t8-,9+;/m1./s1. The second-order valence-corrected chi connectivity index (χ2v) is 5.45. The molecule has 3 heterocycles. The van der Waals surface area contributed by atoms with Crippen LogP contribution in [0.5, 0.6) is 0 Å². The molecule has 2 saturated heterocycles. The number of carbonyl (C=O) groups excluding carboxylic acids is 1. The molecule has 2 N–H and O–H groups in total. The number of hydrogen-bond donors (Lipinski definition) is 2. The van der Waals surface area contributed by atoms with Crippen molar-refractivity contribution in [3.63, 3.8) is 0 Å². The highest BCUT2D eigenvalue weighted by Gasteiger charge is 2.43. The van der Waals surface area contributed by atoms with Crippen LogP contribution in [0, 0.1) is 0 Å². The number of carboxylic acids is 1. The number of rotatable bonds is 1. The molecule has 2 fully saturated rings. The van der Waals surface area contributed by atoms with Crippen LogP contribution in [0.25, 0.3) is 0 Å². The Bertz CT molecular complexity index is 518. The Balaban J connectivity index is 0.000000199. The molecule has 0 unspecified atom stereocenters. The number of nitrogens with one attached hydrogen (secondary N) is 1. The summed E-state index contributed by atoms with van der Waals surface area (Å²) >= 11 is 1.65.